The molecular formula is C13H17BrCl2F2N2. The van der Waals surface area contributed by atoms with E-state index >= 15 is 0 Å². The van der Waals surface area contributed by atoms with Gasteiger partial charge in [-0.2, -0.15) is 0 Å². The number of benzene rings is 1. The minimum atomic E-state index is -2.31. The molecule has 7 heteroatoms. The van der Waals surface area contributed by atoms with Crippen LogP contribution in [0.5, 0.6) is 0 Å². The molecule has 0 amide bonds. The van der Waals surface area contributed by atoms with Crippen molar-refractivity contribution in [3.63, 3.8) is 0 Å². The van der Waals surface area contributed by atoms with Crippen LogP contribution in [0.3, 0.4) is 0 Å². The van der Waals surface area contributed by atoms with Gasteiger partial charge in [-0.25, -0.2) is 8.78 Å². The molecule has 1 saturated heterocycles. The normalized spacial score (nSPS) is 17.9. The Morgan fingerprint density at radius 1 is 1.30 bits per heavy atom. The van der Waals surface area contributed by atoms with Gasteiger partial charge in [0.05, 0.1) is 5.02 Å². The highest BCUT2D eigenvalue weighted by molar-refractivity contribution is 9.10. The van der Waals surface area contributed by atoms with Crippen molar-refractivity contribution < 1.29 is 8.78 Å². The Morgan fingerprint density at radius 2 is 1.95 bits per heavy atom. The van der Waals surface area contributed by atoms with Gasteiger partial charge in [0.15, 0.2) is 0 Å². The van der Waals surface area contributed by atoms with Crippen molar-refractivity contribution in [1.29, 1.82) is 0 Å². The van der Waals surface area contributed by atoms with E-state index in [-0.39, 0.29) is 24.9 Å². The maximum absolute atomic E-state index is 12.8. The summed E-state index contributed by atoms with van der Waals surface area (Å²) in [7, 11) is 0. The van der Waals surface area contributed by atoms with E-state index in [4.69, 9.17) is 11.6 Å². The summed E-state index contributed by atoms with van der Waals surface area (Å²) < 4.78 is 26.4. The molecule has 0 spiro atoms. The van der Waals surface area contributed by atoms with Crippen LogP contribution in [0, 0.1) is 0 Å². The number of alkyl halides is 2. The second kappa shape index (κ2) is 8.49. The molecule has 0 aliphatic carbocycles. The predicted molar refractivity (Wildman–Crippen MR) is 84.2 cm³/mol. The molecule has 2 nitrogen and oxygen atoms in total. The quantitative estimate of drug-likeness (QED) is 0.832. The van der Waals surface area contributed by atoms with Gasteiger partial charge < -0.3 is 5.32 Å². The third-order valence-corrected chi connectivity index (χ3v) is 4.54. The summed E-state index contributed by atoms with van der Waals surface area (Å²) in [5, 5.41) is 3.83. The van der Waals surface area contributed by atoms with Crippen molar-refractivity contribution in [2.45, 2.75) is 18.9 Å². The second-order valence-corrected chi connectivity index (χ2v) is 5.86. The van der Waals surface area contributed by atoms with E-state index in [0.29, 0.717) is 5.02 Å². The van der Waals surface area contributed by atoms with Gasteiger partial charge in [-0.1, -0.05) is 17.7 Å². The first-order valence-corrected chi connectivity index (χ1v) is 7.43. The number of piperazine rings is 1. The second-order valence-electron chi connectivity index (χ2n) is 4.60. The van der Waals surface area contributed by atoms with Crippen molar-refractivity contribution in [3.05, 3.63) is 33.3 Å². The highest BCUT2D eigenvalue weighted by Crippen LogP contribution is 2.32. The van der Waals surface area contributed by atoms with Crippen LogP contribution in [0.4, 0.5) is 8.78 Å². The lowest BCUT2D eigenvalue weighted by Gasteiger charge is -2.35. The average Bonchev–Trinajstić information content (AvgIpc) is 2.40. The zero-order valence-corrected chi connectivity index (χ0v) is 13.9. The lowest BCUT2D eigenvalue weighted by atomic mass is 10.0. The van der Waals surface area contributed by atoms with E-state index in [1.54, 1.807) is 6.07 Å². The van der Waals surface area contributed by atoms with Gasteiger partial charge >= 0.3 is 0 Å². The van der Waals surface area contributed by atoms with E-state index in [2.05, 4.69) is 26.1 Å². The van der Waals surface area contributed by atoms with Crippen molar-refractivity contribution in [1.82, 2.24) is 10.2 Å². The third kappa shape index (κ3) is 4.81. The summed E-state index contributed by atoms with van der Waals surface area (Å²) in [6, 6.07) is 5.18. The van der Waals surface area contributed by atoms with E-state index in [0.717, 1.165) is 36.2 Å². The summed E-state index contributed by atoms with van der Waals surface area (Å²) in [4.78, 5) is 2.11. The standard InChI is InChI=1S/C13H16BrClF2N2.ClH/c14-10-7-9(1-2-11(10)15)12(8-13(16)17)19-5-3-18-4-6-19;/h1-2,7,12-13,18H,3-6,8H2;1H/t12-;/m0./s1. The van der Waals surface area contributed by atoms with Crippen molar-refractivity contribution in [2.24, 2.45) is 0 Å². The zero-order chi connectivity index (χ0) is 13.8. The fourth-order valence-corrected chi connectivity index (χ4v) is 2.89. The van der Waals surface area contributed by atoms with Crippen molar-refractivity contribution in [2.75, 3.05) is 26.2 Å². The SMILES string of the molecule is Cl.FC(F)C[C@@H](c1ccc(Cl)c(Br)c1)N1CCNCC1. The molecule has 1 fully saturated rings. The van der Waals surface area contributed by atoms with Crippen LogP contribution in [-0.4, -0.2) is 37.5 Å². The molecule has 1 N–H and O–H groups in total. The van der Waals surface area contributed by atoms with Crippen LogP contribution < -0.4 is 5.32 Å². The molecule has 20 heavy (non-hydrogen) atoms. The Labute approximate surface area is 137 Å². The lowest BCUT2D eigenvalue weighted by molar-refractivity contribution is 0.0739. The van der Waals surface area contributed by atoms with E-state index < -0.39 is 6.43 Å². The molecule has 1 aliphatic rings. The Hall–Kier alpha value is 0.0600. The maximum atomic E-state index is 12.8. The topological polar surface area (TPSA) is 15.3 Å². The molecule has 1 aliphatic heterocycles. The molecular weight excluding hydrogens is 373 g/mol. The van der Waals surface area contributed by atoms with Crippen LogP contribution in [0.2, 0.25) is 5.02 Å². The summed E-state index contributed by atoms with van der Waals surface area (Å²) >= 11 is 9.31. The molecule has 114 valence electrons. The van der Waals surface area contributed by atoms with Crippen LogP contribution >= 0.6 is 39.9 Å². The Bertz CT molecular complexity index is 429. The average molecular weight is 390 g/mol. The number of halogens is 5. The minimum Gasteiger partial charge on any atom is -0.314 e. The van der Waals surface area contributed by atoms with Gasteiger partial charge in [0.2, 0.25) is 6.43 Å². The van der Waals surface area contributed by atoms with Crippen LogP contribution in [0.15, 0.2) is 22.7 Å². The fourth-order valence-electron chi connectivity index (χ4n) is 2.38. The Balaban J connectivity index is 0.00000200. The third-order valence-electron chi connectivity index (χ3n) is 3.32. The Morgan fingerprint density at radius 3 is 2.50 bits per heavy atom. The molecule has 0 radical (unpaired) electrons. The molecule has 0 bridgehead atoms. The molecule has 1 atom stereocenters. The number of hydrogen-bond donors (Lipinski definition) is 1. The molecule has 1 aromatic carbocycles. The zero-order valence-electron chi connectivity index (χ0n) is 10.8. The summed E-state index contributed by atoms with van der Waals surface area (Å²) in [6.07, 6.45) is -2.46. The predicted octanol–water partition coefficient (Wildman–Crippen LogP) is 4.13. The monoisotopic (exact) mass is 388 g/mol. The van der Waals surface area contributed by atoms with E-state index in [9.17, 15) is 8.78 Å². The largest absolute Gasteiger partial charge is 0.314 e. The number of nitrogens with zero attached hydrogens (tertiary/aromatic N) is 1. The van der Waals surface area contributed by atoms with Gasteiger partial charge in [-0.3, -0.25) is 4.90 Å². The molecule has 1 aromatic rings. The number of hydrogen-bond acceptors (Lipinski definition) is 2. The molecule has 2 rings (SSSR count). The summed E-state index contributed by atoms with van der Waals surface area (Å²) in [6.45, 7) is 3.26. The van der Waals surface area contributed by atoms with Crippen LogP contribution in [-0.2, 0) is 0 Å². The Kier molecular flexibility index (Phi) is 7.69. The number of nitrogens with one attached hydrogen (secondary N) is 1. The van der Waals surface area contributed by atoms with Gasteiger partial charge in [0.25, 0.3) is 0 Å². The molecule has 0 unspecified atom stereocenters. The van der Waals surface area contributed by atoms with Crippen molar-refractivity contribution in [3.8, 4) is 0 Å². The first kappa shape index (κ1) is 18.1. The highest BCUT2D eigenvalue weighted by atomic mass is 79.9. The minimum absolute atomic E-state index is 0. The van der Waals surface area contributed by atoms with Gasteiger partial charge in [0.1, 0.15) is 0 Å². The first-order chi connectivity index (χ1) is 9.08. The first-order valence-electron chi connectivity index (χ1n) is 6.26. The summed E-state index contributed by atoms with van der Waals surface area (Å²) in [5.74, 6) is 0. The van der Waals surface area contributed by atoms with E-state index in [1.807, 2.05) is 12.1 Å². The number of rotatable bonds is 4. The maximum Gasteiger partial charge on any atom is 0.240 e. The van der Waals surface area contributed by atoms with Gasteiger partial charge in [-0.05, 0) is 33.6 Å². The lowest BCUT2D eigenvalue weighted by Crippen LogP contribution is -2.45. The fraction of sp³-hybridized carbons (Fsp3) is 0.538. The highest BCUT2D eigenvalue weighted by Gasteiger charge is 2.25. The molecule has 0 saturated carbocycles. The molecule has 0 aromatic heterocycles. The smallest absolute Gasteiger partial charge is 0.240 e. The van der Waals surface area contributed by atoms with Gasteiger partial charge in [0, 0.05) is 43.1 Å². The van der Waals surface area contributed by atoms with Crippen molar-refractivity contribution >= 4 is 39.9 Å². The van der Waals surface area contributed by atoms with Crippen LogP contribution in [0.1, 0.15) is 18.0 Å². The van der Waals surface area contributed by atoms with Gasteiger partial charge in [-0.15, -0.1) is 12.4 Å². The molecule has 1 heterocycles. The summed E-state index contributed by atoms with van der Waals surface area (Å²) in [5.41, 5.74) is 0.887. The van der Waals surface area contributed by atoms with Crippen LogP contribution in [0.25, 0.3) is 0 Å². The van der Waals surface area contributed by atoms with E-state index in [1.165, 1.54) is 0 Å².